The highest BCUT2D eigenvalue weighted by Gasteiger charge is 2.39. The summed E-state index contributed by atoms with van der Waals surface area (Å²) in [5, 5.41) is 4.54. The van der Waals surface area contributed by atoms with Crippen molar-refractivity contribution in [1.29, 1.82) is 0 Å². The van der Waals surface area contributed by atoms with Crippen LogP contribution in [0.2, 0.25) is 0 Å². The number of alkyl halides is 3. The fourth-order valence-corrected chi connectivity index (χ4v) is 4.31. The lowest BCUT2D eigenvalue weighted by Gasteiger charge is -2.22. The van der Waals surface area contributed by atoms with E-state index in [4.69, 9.17) is 4.74 Å². The molecule has 0 bridgehead atoms. The number of fused-ring (bicyclic) bond motifs is 1. The fraction of sp³-hybridized carbons (Fsp3) is 0.348. The molecule has 0 aliphatic carbocycles. The largest absolute Gasteiger partial charge is 0.480 e. The Labute approximate surface area is 200 Å². The number of nitrogens with zero attached hydrogens (tertiary/aromatic N) is 4. The summed E-state index contributed by atoms with van der Waals surface area (Å²) in [7, 11) is -3.71. The second kappa shape index (κ2) is 8.99. The SMILES string of the molecule is CCc1cc(-n2cc3c(n2)CN(C(=O)c2cc(S(C)(=O)=O)ccc2OC(C)C(F)(F)F)C3)ccn1. The van der Waals surface area contributed by atoms with Crippen molar-refractivity contribution in [2.24, 2.45) is 0 Å². The smallest absolute Gasteiger partial charge is 0.425 e. The molecule has 1 unspecified atom stereocenters. The summed E-state index contributed by atoms with van der Waals surface area (Å²) in [5.74, 6) is -0.993. The van der Waals surface area contributed by atoms with Crippen molar-refractivity contribution >= 4 is 15.7 Å². The summed E-state index contributed by atoms with van der Waals surface area (Å²) >= 11 is 0. The molecule has 1 atom stereocenters. The molecule has 1 aliphatic heterocycles. The van der Waals surface area contributed by atoms with Crippen LogP contribution in [0.3, 0.4) is 0 Å². The molecule has 8 nitrogen and oxygen atoms in total. The van der Waals surface area contributed by atoms with Gasteiger partial charge in [0.15, 0.2) is 15.9 Å². The first kappa shape index (κ1) is 24.7. The van der Waals surface area contributed by atoms with E-state index < -0.39 is 28.0 Å². The standard InChI is InChI=1S/C23H23F3N4O4S/c1-4-16-9-17(7-8-27-16)30-12-15-11-29(13-20(15)28-30)22(31)19-10-18(35(3,32)33)5-6-21(19)34-14(2)23(24,25)26/h5-10,12,14H,4,11,13H2,1-3H3. The molecule has 3 heterocycles. The van der Waals surface area contributed by atoms with Gasteiger partial charge in [-0.05, 0) is 43.7 Å². The van der Waals surface area contributed by atoms with Crippen LogP contribution in [-0.4, -0.2) is 52.5 Å². The maximum absolute atomic E-state index is 13.3. The number of ether oxygens (including phenoxy) is 1. The number of hydrogen-bond acceptors (Lipinski definition) is 6. The van der Waals surface area contributed by atoms with Crippen LogP contribution in [0.5, 0.6) is 5.75 Å². The van der Waals surface area contributed by atoms with E-state index in [1.165, 1.54) is 4.90 Å². The minimum Gasteiger partial charge on any atom is -0.480 e. The number of aromatic nitrogens is 3. The second-order valence-electron chi connectivity index (χ2n) is 8.30. The molecule has 0 fully saturated rings. The first-order chi connectivity index (χ1) is 16.4. The van der Waals surface area contributed by atoms with E-state index in [1.807, 2.05) is 19.1 Å². The number of halogens is 3. The molecular weight excluding hydrogens is 485 g/mol. The number of rotatable bonds is 6. The Bertz CT molecular complexity index is 1360. The first-order valence-electron chi connectivity index (χ1n) is 10.8. The molecule has 0 saturated carbocycles. The van der Waals surface area contributed by atoms with Gasteiger partial charge >= 0.3 is 6.18 Å². The highest BCUT2D eigenvalue weighted by molar-refractivity contribution is 7.90. The van der Waals surface area contributed by atoms with Gasteiger partial charge in [-0.3, -0.25) is 9.78 Å². The maximum Gasteiger partial charge on any atom is 0.425 e. The number of pyridine rings is 1. The highest BCUT2D eigenvalue weighted by Crippen LogP contribution is 2.32. The molecular formula is C23H23F3N4O4S. The number of hydrogen-bond donors (Lipinski definition) is 0. The monoisotopic (exact) mass is 508 g/mol. The van der Waals surface area contributed by atoms with Gasteiger partial charge < -0.3 is 9.64 Å². The van der Waals surface area contributed by atoms with Crippen LogP contribution in [0.1, 0.15) is 41.2 Å². The van der Waals surface area contributed by atoms with Crippen molar-refractivity contribution in [1.82, 2.24) is 19.7 Å². The summed E-state index contributed by atoms with van der Waals surface area (Å²) < 4.78 is 69.9. The van der Waals surface area contributed by atoms with Crippen LogP contribution in [0.25, 0.3) is 5.69 Å². The topological polar surface area (TPSA) is 94.4 Å². The van der Waals surface area contributed by atoms with Gasteiger partial charge in [-0.25, -0.2) is 13.1 Å². The van der Waals surface area contributed by atoms with Gasteiger partial charge in [0, 0.05) is 36.5 Å². The van der Waals surface area contributed by atoms with Gasteiger partial charge in [-0.1, -0.05) is 6.92 Å². The number of aryl methyl sites for hydroxylation is 1. The lowest BCUT2D eigenvalue weighted by atomic mass is 10.1. The summed E-state index contributed by atoms with van der Waals surface area (Å²) in [6, 6.07) is 6.97. The minimum atomic E-state index is -4.66. The van der Waals surface area contributed by atoms with Crippen molar-refractivity contribution in [3.8, 4) is 11.4 Å². The van der Waals surface area contributed by atoms with Crippen molar-refractivity contribution in [2.75, 3.05) is 6.26 Å². The molecule has 0 spiro atoms. The quantitative estimate of drug-likeness (QED) is 0.504. The van der Waals surface area contributed by atoms with Crippen LogP contribution in [0.4, 0.5) is 13.2 Å². The third-order valence-corrected chi connectivity index (χ3v) is 6.78. The van der Waals surface area contributed by atoms with Gasteiger partial charge in [0.25, 0.3) is 5.91 Å². The van der Waals surface area contributed by atoms with Gasteiger partial charge in [-0.2, -0.15) is 18.3 Å². The predicted octanol–water partition coefficient (Wildman–Crippen LogP) is 3.72. The number of carbonyl (C=O) groups excluding carboxylic acids is 1. The van der Waals surface area contributed by atoms with Crippen molar-refractivity contribution < 1.29 is 31.1 Å². The van der Waals surface area contributed by atoms with Crippen LogP contribution < -0.4 is 4.74 Å². The summed E-state index contributed by atoms with van der Waals surface area (Å²) in [5.41, 5.74) is 2.88. The number of sulfone groups is 1. The minimum absolute atomic E-state index is 0.115. The first-order valence-corrected chi connectivity index (χ1v) is 12.7. The third kappa shape index (κ3) is 5.16. The number of amides is 1. The molecule has 4 rings (SSSR count). The molecule has 1 amide bonds. The molecule has 0 saturated heterocycles. The summed E-state index contributed by atoms with van der Waals surface area (Å²) in [6.45, 7) is 3.09. The fourth-order valence-electron chi connectivity index (χ4n) is 3.67. The molecule has 12 heteroatoms. The molecule has 35 heavy (non-hydrogen) atoms. The molecule has 2 aromatic heterocycles. The van der Waals surface area contributed by atoms with Crippen molar-refractivity contribution in [2.45, 2.75) is 50.5 Å². The van der Waals surface area contributed by atoms with Crippen molar-refractivity contribution in [3.63, 3.8) is 0 Å². The normalized spacial score (nSPS) is 14.6. The van der Waals surface area contributed by atoms with Crippen LogP contribution in [0, 0.1) is 0 Å². The van der Waals surface area contributed by atoms with Gasteiger partial charge in [0.1, 0.15) is 5.75 Å². The molecule has 1 aromatic carbocycles. The van der Waals surface area contributed by atoms with E-state index in [2.05, 4.69) is 10.1 Å². The Morgan fingerprint density at radius 3 is 2.57 bits per heavy atom. The lowest BCUT2D eigenvalue weighted by molar-refractivity contribution is -0.189. The lowest BCUT2D eigenvalue weighted by Crippen LogP contribution is -2.33. The van der Waals surface area contributed by atoms with E-state index >= 15 is 0 Å². The van der Waals surface area contributed by atoms with Crippen LogP contribution in [0.15, 0.2) is 47.6 Å². The summed E-state index contributed by atoms with van der Waals surface area (Å²) in [6.07, 6.45) is -1.66. The van der Waals surface area contributed by atoms with E-state index in [0.717, 1.165) is 54.7 Å². The van der Waals surface area contributed by atoms with E-state index in [-0.39, 0.29) is 29.3 Å². The van der Waals surface area contributed by atoms with Gasteiger partial charge in [0.2, 0.25) is 0 Å². The maximum atomic E-state index is 13.3. The van der Waals surface area contributed by atoms with Crippen molar-refractivity contribution in [3.05, 3.63) is 65.2 Å². The summed E-state index contributed by atoms with van der Waals surface area (Å²) in [4.78, 5) is 18.8. The van der Waals surface area contributed by atoms with E-state index in [0.29, 0.717) is 5.69 Å². The number of benzene rings is 1. The number of carbonyl (C=O) groups is 1. The molecule has 186 valence electrons. The Hall–Kier alpha value is -3.41. The Balaban J connectivity index is 1.61. The molecule has 1 aliphatic rings. The Morgan fingerprint density at radius 1 is 1.20 bits per heavy atom. The average Bonchev–Trinajstić information content (AvgIpc) is 3.37. The zero-order chi connectivity index (χ0) is 25.5. The van der Waals surface area contributed by atoms with Crippen LogP contribution in [-0.2, 0) is 29.3 Å². The van der Waals surface area contributed by atoms with E-state index in [1.54, 1.807) is 17.1 Å². The third-order valence-electron chi connectivity index (χ3n) is 5.67. The molecule has 0 N–H and O–H groups in total. The Kier molecular flexibility index (Phi) is 6.34. The molecule has 0 radical (unpaired) electrons. The van der Waals surface area contributed by atoms with Gasteiger partial charge in [-0.15, -0.1) is 0 Å². The highest BCUT2D eigenvalue weighted by atomic mass is 32.2. The average molecular weight is 509 g/mol. The Morgan fingerprint density at radius 2 is 1.94 bits per heavy atom. The van der Waals surface area contributed by atoms with Crippen LogP contribution >= 0.6 is 0 Å². The zero-order valence-corrected chi connectivity index (χ0v) is 20.0. The molecule has 3 aromatic rings. The zero-order valence-electron chi connectivity index (χ0n) is 19.2. The second-order valence-corrected chi connectivity index (χ2v) is 10.3. The van der Waals surface area contributed by atoms with Gasteiger partial charge in [0.05, 0.1) is 28.4 Å². The van der Waals surface area contributed by atoms with E-state index in [9.17, 15) is 26.4 Å². The predicted molar refractivity (Wildman–Crippen MR) is 120 cm³/mol.